The van der Waals surface area contributed by atoms with Crippen molar-refractivity contribution in [2.24, 2.45) is 5.92 Å². The molecular formula is C14H25ClO. The zero-order valence-corrected chi connectivity index (χ0v) is 11.3. The van der Waals surface area contributed by atoms with E-state index in [0.717, 1.165) is 12.5 Å². The molecule has 94 valence electrons. The van der Waals surface area contributed by atoms with Crippen molar-refractivity contribution in [2.75, 3.05) is 6.61 Å². The van der Waals surface area contributed by atoms with Crippen molar-refractivity contribution in [3.05, 3.63) is 0 Å². The van der Waals surface area contributed by atoms with Crippen LogP contribution in [0.1, 0.15) is 64.7 Å². The zero-order chi connectivity index (χ0) is 11.4. The molecule has 2 unspecified atom stereocenters. The van der Waals surface area contributed by atoms with E-state index in [9.17, 15) is 0 Å². The maximum atomic E-state index is 6.29. The minimum Gasteiger partial charge on any atom is -0.375 e. The minimum absolute atomic E-state index is 0.315. The minimum atomic E-state index is 0.315. The summed E-state index contributed by atoms with van der Waals surface area (Å²) in [5, 5.41) is 0.408. The molecule has 2 heteroatoms. The molecule has 2 fully saturated rings. The van der Waals surface area contributed by atoms with Crippen molar-refractivity contribution in [3.8, 4) is 0 Å². The van der Waals surface area contributed by atoms with E-state index in [-0.39, 0.29) is 0 Å². The van der Waals surface area contributed by atoms with Crippen molar-refractivity contribution in [1.82, 2.24) is 0 Å². The van der Waals surface area contributed by atoms with Crippen LogP contribution in [0.3, 0.4) is 0 Å². The average Bonchev–Trinajstić information content (AvgIpc) is 2.25. The number of hydrogen-bond acceptors (Lipinski definition) is 1. The number of rotatable bonds is 5. The molecule has 0 aromatic rings. The predicted octanol–water partition coefficient (Wildman–Crippen LogP) is 4.52. The summed E-state index contributed by atoms with van der Waals surface area (Å²) >= 11 is 6.29. The molecule has 2 aliphatic rings. The standard InChI is InChI=1S/C14H25ClO/c1-2-4-13(15)6-5-12-7-10-16-14(11-12)8-3-9-14/h12-13H,2-11H2,1H3. The van der Waals surface area contributed by atoms with Gasteiger partial charge in [0.15, 0.2) is 0 Å². The summed E-state index contributed by atoms with van der Waals surface area (Å²) < 4.78 is 5.95. The molecule has 1 saturated carbocycles. The van der Waals surface area contributed by atoms with E-state index >= 15 is 0 Å². The second-order valence-corrected chi connectivity index (χ2v) is 6.32. The Bertz CT molecular complexity index is 213. The summed E-state index contributed by atoms with van der Waals surface area (Å²) in [6.07, 6.45) is 11.5. The molecule has 2 rings (SSSR count). The van der Waals surface area contributed by atoms with E-state index in [2.05, 4.69) is 6.92 Å². The van der Waals surface area contributed by atoms with E-state index in [1.807, 2.05) is 0 Å². The second-order valence-electron chi connectivity index (χ2n) is 5.71. The molecule has 1 aliphatic carbocycles. The summed E-state index contributed by atoms with van der Waals surface area (Å²) in [4.78, 5) is 0. The first kappa shape index (κ1) is 12.7. The molecule has 1 spiro atoms. The van der Waals surface area contributed by atoms with Crippen LogP contribution in [0.25, 0.3) is 0 Å². The molecule has 1 saturated heterocycles. The SMILES string of the molecule is CCCC(Cl)CCC1CCOC2(CCC2)C1. The monoisotopic (exact) mass is 244 g/mol. The zero-order valence-electron chi connectivity index (χ0n) is 10.5. The fourth-order valence-electron chi connectivity index (χ4n) is 3.17. The van der Waals surface area contributed by atoms with Crippen LogP contribution in [0.15, 0.2) is 0 Å². The Morgan fingerprint density at radius 1 is 1.38 bits per heavy atom. The lowest BCUT2D eigenvalue weighted by Gasteiger charge is -2.47. The molecule has 16 heavy (non-hydrogen) atoms. The van der Waals surface area contributed by atoms with Crippen LogP contribution < -0.4 is 0 Å². The molecule has 0 aromatic heterocycles. The molecule has 0 amide bonds. The highest BCUT2D eigenvalue weighted by Crippen LogP contribution is 2.45. The molecule has 0 N–H and O–H groups in total. The third-order valence-corrected chi connectivity index (χ3v) is 4.79. The lowest BCUT2D eigenvalue weighted by atomic mass is 9.71. The third-order valence-electron chi connectivity index (χ3n) is 4.35. The van der Waals surface area contributed by atoms with Gasteiger partial charge in [0.1, 0.15) is 0 Å². The van der Waals surface area contributed by atoms with Crippen LogP contribution in [0.2, 0.25) is 0 Å². The molecule has 0 radical (unpaired) electrons. The van der Waals surface area contributed by atoms with Crippen molar-refractivity contribution >= 4 is 11.6 Å². The Hall–Kier alpha value is 0.250. The number of hydrogen-bond donors (Lipinski definition) is 0. The molecule has 1 heterocycles. The van der Waals surface area contributed by atoms with Gasteiger partial charge in [-0.05, 0) is 57.3 Å². The van der Waals surface area contributed by atoms with Crippen LogP contribution >= 0.6 is 11.6 Å². The van der Waals surface area contributed by atoms with E-state index in [0.29, 0.717) is 11.0 Å². The summed E-state index contributed by atoms with van der Waals surface area (Å²) in [5.74, 6) is 0.882. The summed E-state index contributed by atoms with van der Waals surface area (Å²) in [7, 11) is 0. The molecule has 0 aromatic carbocycles. The maximum absolute atomic E-state index is 6.29. The highest BCUT2D eigenvalue weighted by atomic mass is 35.5. The van der Waals surface area contributed by atoms with Gasteiger partial charge in [-0.3, -0.25) is 0 Å². The van der Waals surface area contributed by atoms with Crippen molar-refractivity contribution in [1.29, 1.82) is 0 Å². The highest BCUT2D eigenvalue weighted by Gasteiger charge is 2.42. The average molecular weight is 245 g/mol. The second kappa shape index (κ2) is 5.73. The van der Waals surface area contributed by atoms with Crippen molar-refractivity contribution in [2.45, 2.75) is 75.7 Å². The van der Waals surface area contributed by atoms with Crippen LogP contribution in [-0.4, -0.2) is 17.6 Å². The van der Waals surface area contributed by atoms with Gasteiger partial charge in [0.05, 0.1) is 5.60 Å². The Morgan fingerprint density at radius 3 is 2.81 bits per heavy atom. The lowest BCUT2D eigenvalue weighted by Crippen LogP contribution is -2.45. The number of halogens is 1. The van der Waals surface area contributed by atoms with Crippen LogP contribution in [0.4, 0.5) is 0 Å². The van der Waals surface area contributed by atoms with Gasteiger partial charge in [-0.2, -0.15) is 0 Å². The van der Waals surface area contributed by atoms with Gasteiger partial charge in [0.25, 0.3) is 0 Å². The van der Waals surface area contributed by atoms with E-state index in [4.69, 9.17) is 16.3 Å². The van der Waals surface area contributed by atoms with Gasteiger partial charge in [-0.1, -0.05) is 13.3 Å². The molecular weight excluding hydrogens is 220 g/mol. The number of alkyl halides is 1. The topological polar surface area (TPSA) is 9.23 Å². The summed E-state index contributed by atoms with van der Waals surface area (Å²) in [6.45, 7) is 3.21. The molecule has 1 nitrogen and oxygen atoms in total. The fraction of sp³-hybridized carbons (Fsp3) is 1.00. The number of ether oxygens (including phenoxy) is 1. The van der Waals surface area contributed by atoms with Crippen LogP contribution in [0.5, 0.6) is 0 Å². The molecule has 0 bridgehead atoms. The van der Waals surface area contributed by atoms with Gasteiger partial charge in [0.2, 0.25) is 0 Å². The summed E-state index contributed by atoms with van der Waals surface area (Å²) in [5.41, 5.74) is 0.315. The van der Waals surface area contributed by atoms with E-state index < -0.39 is 0 Å². The quantitative estimate of drug-likeness (QED) is 0.646. The van der Waals surface area contributed by atoms with E-state index in [1.165, 1.54) is 57.8 Å². The Labute approximate surface area is 105 Å². The Morgan fingerprint density at radius 2 is 2.19 bits per heavy atom. The van der Waals surface area contributed by atoms with Crippen molar-refractivity contribution < 1.29 is 4.74 Å². The molecule has 2 atom stereocenters. The first-order valence-corrected chi connectivity index (χ1v) is 7.46. The Balaban J connectivity index is 1.69. The van der Waals surface area contributed by atoms with E-state index in [1.54, 1.807) is 0 Å². The van der Waals surface area contributed by atoms with Crippen LogP contribution in [-0.2, 0) is 4.74 Å². The lowest BCUT2D eigenvalue weighted by molar-refractivity contribution is -0.144. The predicted molar refractivity (Wildman–Crippen MR) is 69.0 cm³/mol. The summed E-state index contributed by atoms with van der Waals surface area (Å²) in [6, 6.07) is 0. The van der Waals surface area contributed by atoms with Gasteiger partial charge < -0.3 is 4.74 Å². The first-order valence-electron chi connectivity index (χ1n) is 7.02. The van der Waals surface area contributed by atoms with Crippen LogP contribution in [0, 0.1) is 5.92 Å². The normalized spacial score (nSPS) is 30.0. The third kappa shape index (κ3) is 3.13. The maximum Gasteiger partial charge on any atom is 0.0685 e. The smallest absolute Gasteiger partial charge is 0.0685 e. The molecule has 1 aliphatic heterocycles. The van der Waals surface area contributed by atoms with Gasteiger partial charge >= 0.3 is 0 Å². The first-order chi connectivity index (χ1) is 7.74. The highest BCUT2D eigenvalue weighted by molar-refractivity contribution is 6.20. The largest absolute Gasteiger partial charge is 0.375 e. The fourth-order valence-corrected chi connectivity index (χ4v) is 3.51. The van der Waals surface area contributed by atoms with Gasteiger partial charge in [-0.25, -0.2) is 0 Å². The van der Waals surface area contributed by atoms with Crippen molar-refractivity contribution in [3.63, 3.8) is 0 Å². The Kier molecular flexibility index (Phi) is 4.55. The van der Waals surface area contributed by atoms with Gasteiger partial charge in [0, 0.05) is 12.0 Å². The van der Waals surface area contributed by atoms with Gasteiger partial charge in [-0.15, -0.1) is 11.6 Å².